The number of rotatable bonds is 7. The standard InChI is InChI=1S/C18H19FN4O2S/c1-13-2-4-14(5-3-13)12-18-21-17(22-23-18)10-11-20-26(24,25)16-8-6-15(19)7-9-16/h2-9,20H,10-12H2,1H3,(H,21,22,23). The molecule has 8 heteroatoms. The highest BCUT2D eigenvalue weighted by Gasteiger charge is 2.14. The van der Waals surface area contributed by atoms with Crippen molar-refractivity contribution in [2.24, 2.45) is 0 Å². The number of benzene rings is 2. The molecule has 0 amide bonds. The van der Waals surface area contributed by atoms with Crippen molar-refractivity contribution in [1.29, 1.82) is 0 Å². The minimum Gasteiger partial charge on any atom is -0.263 e. The van der Waals surface area contributed by atoms with Crippen LogP contribution in [-0.4, -0.2) is 30.1 Å². The molecule has 0 saturated heterocycles. The molecule has 0 aliphatic carbocycles. The van der Waals surface area contributed by atoms with Crippen molar-refractivity contribution in [3.8, 4) is 0 Å². The van der Waals surface area contributed by atoms with E-state index >= 15 is 0 Å². The van der Waals surface area contributed by atoms with Crippen molar-refractivity contribution in [3.63, 3.8) is 0 Å². The summed E-state index contributed by atoms with van der Waals surface area (Å²) >= 11 is 0. The molecule has 3 aromatic rings. The van der Waals surface area contributed by atoms with Gasteiger partial charge in [-0.05, 0) is 36.8 Å². The molecule has 0 saturated carbocycles. The Labute approximate surface area is 151 Å². The van der Waals surface area contributed by atoms with Gasteiger partial charge in [0.05, 0.1) is 4.90 Å². The number of aromatic nitrogens is 3. The van der Waals surface area contributed by atoms with Gasteiger partial charge in [0.2, 0.25) is 10.0 Å². The first-order chi connectivity index (χ1) is 12.4. The highest BCUT2D eigenvalue weighted by molar-refractivity contribution is 7.89. The van der Waals surface area contributed by atoms with Gasteiger partial charge >= 0.3 is 0 Å². The summed E-state index contributed by atoms with van der Waals surface area (Å²) in [6.07, 6.45) is 0.986. The molecule has 0 aliphatic rings. The number of aryl methyl sites for hydroxylation is 1. The molecule has 136 valence electrons. The van der Waals surface area contributed by atoms with Crippen LogP contribution in [0.4, 0.5) is 4.39 Å². The van der Waals surface area contributed by atoms with Crippen LogP contribution in [0.1, 0.15) is 22.8 Å². The topological polar surface area (TPSA) is 87.7 Å². The Morgan fingerprint density at radius 1 is 1.08 bits per heavy atom. The van der Waals surface area contributed by atoms with Crippen LogP contribution in [0.2, 0.25) is 0 Å². The lowest BCUT2D eigenvalue weighted by Crippen LogP contribution is -2.26. The first kappa shape index (κ1) is 18.2. The maximum atomic E-state index is 12.9. The van der Waals surface area contributed by atoms with Gasteiger partial charge in [-0.25, -0.2) is 22.5 Å². The van der Waals surface area contributed by atoms with E-state index in [0.717, 1.165) is 23.5 Å². The number of hydrogen-bond acceptors (Lipinski definition) is 4. The predicted molar refractivity (Wildman–Crippen MR) is 95.7 cm³/mol. The van der Waals surface area contributed by atoms with Crippen molar-refractivity contribution < 1.29 is 12.8 Å². The highest BCUT2D eigenvalue weighted by Crippen LogP contribution is 2.10. The second kappa shape index (κ2) is 7.76. The van der Waals surface area contributed by atoms with E-state index in [9.17, 15) is 12.8 Å². The van der Waals surface area contributed by atoms with Crippen LogP contribution in [0, 0.1) is 12.7 Å². The molecule has 0 aliphatic heterocycles. The second-order valence-electron chi connectivity index (χ2n) is 5.96. The van der Waals surface area contributed by atoms with E-state index in [2.05, 4.69) is 19.9 Å². The molecular formula is C18H19FN4O2S. The lowest BCUT2D eigenvalue weighted by atomic mass is 10.1. The molecule has 0 bridgehead atoms. The zero-order chi connectivity index (χ0) is 18.6. The van der Waals surface area contributed by atoms with Crippen LogP contribution in [0.5, 0.6) is 0 Å². The summed E-state index contributed by atoms with van der Waals surface area (Å²) in [5.74, 6) is 0.782. The van der Waals surface area contributed by atoms with Crippen LogP contribution in [0.25, 0.3) is 0 Å². The molecule has 1 aromatic heterocycles. The molecule has 3 rings (SSSR count). The largest absolute Gasteiger partial charge is 0.263 e. The van der Waals surface area contributed by atoms with Crippen molar-refractivity contribution in [1.82, 2.24) is 19.9 Å². The van der Waals surface area contributed by atoms with Gasteiger partial charge in [-0.2, -0.15) is 5.10 Å². The Kier molecular flexibility index (Phi) is 5.43. The third-order valence-electron chi connectivity index (χ3n) is 3.83. The fourth-order valence-corrected chi connectivity index (χ4v) is 3.45. The Hall–Kier alpha value is -2.58. The molecule has 2 N–H and O–H groups in total. The Morgan fingerprint density at radius 3 is 2.46 bits per heavy atom. The van der Waals surface area contributed by atoms with E-state index < -0.39 is 15.8 Å². The maximum absolute atomic E-state index is 12.9. The highest BCUT2D eigenvalue weighted by atomic mass is 32.2. The molecule has 26 heavy (non-hydrogen) atoms. The van der Waals surface area contributed by atoms with Gasteiger partial charge < -0.3 is 0 Å². The van der Waals surface area contributed by atoms with E-state index in [-0.39, 0.29) is 11.4 Å². The molecule has 0 atom stereocenters. The SMILES string of the molecule is Cc1ccc(Cc2nc(CCNS(=O)(=O)c3ccc(F)cc3)n[nH]2)cc1. The molecule has 0 spiro atoms. The second-order valence-corrected chi connectivity index (χ2v) is 7.73. The fourth-order valence-electron chi connectivity index (χ4n) is 2.42. The minimum atomic E-state index is -3.68. The van der Waals surface area contributed by atoms with Gasteiger partial charge in [0.1, 0.15) is 11.6 Å². The van der Waals surface area contributed by atoms with Gasteiger partial charge in [0, 0.05) is 19.4 Å². The normalized spacial score (nSPS) is 11.6. The molecule has 2 aromatic carbocycles. The molecule has 6 nitrogen and oxygen atoms in total. The Morgan fingerprint density at radius 2 is 1.77 bits per heavy atom. The lowest BCUT2D eigenvalue weighted by molar-refractivity contribution is 0.580. The van der Waals surface area contributed by atoms with Gasteiger partial charge in [-0.1, -0.05) is 29.8 Å². The summed E-state index contributed by atoms with van der Waals surface area (Å²) in [5, 5.41) is 6.99. The summed E-state index contributed by atoms with van der Waals surface area (Å²) in [6, 6.07) is 12.8. The number of halogens is 1. The maximum Gasteiger partial charge on any atom is 0.240 e. The van der Waals surface area contributed by atoms with E-state index in [0.29, 0.717) is 18.7 Å². The van der Waals surface area contributed by atoms with E-state index in [1.54, 1.807) is 0 Å². The quantitative estimate of drug-likeness (QED) is 0.665. The number of nitrogens with zero attached hydrogens (tertiary/aromatic N) is 2. The average molecular weight is 374 g/mol. The first-order valence-electron chi connectivity index (χ1n) is 8.13. The predicted octanol–water partition coefficient (Wildman–Crippen LogP) is 2.36. The van der Waals surface area contributed by atoms with E-state index in [1.807, 2.05) is 31.2 Å². The Bertz CT molecular complexity index is 967. The smallest absolute Gasteiger partial charge is 0.240 e. The number of hydrogen-bond donors (Lipinski definition) is 2. The van der Waals surface area contributed by atoms with Gasteiger partial charge in [-0.3, -0.25) is 5.10 Å². The summed E-state index contributed by atoms with van der Waals surface area (Å²) in [4.78, 5) is 4.40. The third kappa shape index (κ3) is 4.74. The van der Waals surface area contributed by atoms with Crippen molar-refractivity contribution in [2.45, 2.75) is 24.7 Å². The van der Waals surface area contributed by atoms with Gasteiger partial charge in [-0.15, -0.1) is 0 Å². The molecule has 0 radical (unpaired) electrons. The van der Waals surface area contributed by atoms with E-state index in [4.69, 9.17) is 0 Å². The molecular weight excluding hydrogens is 355 g/mol. The minimum absolute atomic E-state index is 0.0222. The summed E-state index contributed by atoms with van der Waals surface area (Å²) in [7, 11) is -3.68. The van der Waals surface area contributed by atoms with Crippen LogP contribution in [-0.2, 0) is 22.9 Å². The van der Waals surface area contributed by atoms with Crippen LogP contribution in [0.3, 0.4) is 0 Å². The number of sulfonamides is 1. The van der Waals surface area contributed by atoms with Crippen molar-refractivity contribution >= 4 is 10.0 Å². The van der Waals surface area contributed by atoms with Gasteiger partial charge in [0.25, 0.3) is 0 Å². The third-order valence-corrected chi connectivity index (χ3v) is 5.31. The monoisotopic (exact) mass is 374 g/mol. The zero-order valence-electron chi connectivity index (χ0n) is 14.2. The van der Waals surface area contributed by atoms with E-state index in [1.165, 1.54) is 17.7 Å². The van der Waals surface area contributed by atoms with Crippen LogP contribution >= 0.6 is 0 Å². The van der Waals surface area contributed by atoms with Crippen molar-refractivity contribution in [3.05, 3.63) is 77.1 Å². The zero-order valence-corrected chi connectivity index (χ0v) is 15.1. The average Bonchev–Trinajstić information content (AvgIpc) is 3.04. The molecule has 0 unspecified atom stereocenters. The summed E-state index contributed by atoms with van der Waals surface area (Å²) in [6.45, 7) is 2.19. The number of nitrogens with one attached hydrogen (secondary N) is 2. The summed E-state index contributed by atoms with van der Waals surface area (Å²) in [5.41, 5.74) is 2.32. The van der Waals surface area contributed by atoms with Crippen LogP contribution in [0.15, 0.2) is 53.4 Å². The van der Waals surface area contributed by atoms with Crippen LogP contribution < -0.4 is 4.72 Å². The fraction of sp³-hybridized carbons (Fsp3) is 0.222. The number of aromatic amines is 1. The summed E-state index contributed by atoms with van der Waals surface area (Å²) < 4.78 is 39.6. The molecule has 1 heterocycles. The Balaban J connectivity index is 1.54. The van der Waals surface area contributed by atoms with Gasteiger partial charge in [0.15, 0.2) is 5.82 Å². The van der Waals surface area contributed by atoms with Crippen molar-refractivity contribution in [2.75, 3.05) is 6.54 Å². The molecule has 0 fully saturated rings. The lowest BCUT2D eigenvalue weighted by Gasteiger charge is -2.05. The number of H-pyrrole nitrogens is 1. The first-order valence-corrected chi connectivity index (χ1v) is 9.62.